The quantitative estimate of drug-likeness (QED) is 0.630. The number of aromatic nitrogens is 1. The Morgan fingerprint density at radius 2 is 1.67 bits per heavy atom. The number of halogens is 1. The van der Waals surface area contributed by atoms with Crippen LogP contribution in [0.25, 0.3) is 0 Å². The van der Waals surface area contributed by atoms with Gasteiger partial charge in [0, 0.05) is 23.3 Å². The van der Waals surface area contributed by atoms with Crippen LogP contribution in [0.5, 0.6) is 0 Å². The summed E-state index contributed by atoms with van der Waals surface area (Å²) in [5, 5.41) is 2.72. The highest BCUT2D eigenvalue weighted by Gasteiger charge is 2.25. The van der Waals surface area contributed by atoms with Crippen LogP contribution < -0.4 is 16.2 Å². The zero-order valence-electron chi connectivity index (χ0n) is 15.7. The first kappa shape index (κ1) is 20.7. The number of hydrogen-bond donors (Lipinski definition) is 3. The van der Waals surface area contributed by atoms with E-state index in [0.29, 0.717) is 11.3 Å². The molecule has 2 rings (SSSR count). The van der Waals surface area contributed by atoms with Gasteiger partial charge in [-0.1, -0.05) is 31.5 Å². The zero-order valence-corrected chi connectivity index (χ0v) is 17.3. The van der Waals surface area contributed by atoms with E-state index in [-0.39, 0.29) is 11.8 Å². The summed E-state index contributed by atoms with van der Waals surface area (Å²) < 4.78 is 2.39. The van der Waals surface area contributed by atoms with E-state index in [1.807, 2.05) is 32.9 Å². The van der Waals surface area contributed by atoms with Crippen molar-refractivity contribution in [2.24, 2.45) is 13.0 Å². The van der Waals surface area contributed by atoms with Crippen LogP contribution in [0.1, 0.15) is 40.3 Å². The summed E-state index contributed by atoms with van der Waals surface area (Å²) in [5.74, 6) is -1.46. The van der Waals surface area contributed by atoms with Crippen LogP contribution in [-0.4, -0.2) is 28.3 Å². The number of nitrogens with one attached hydrogen (secondary N) is 3. The maximum atomic E-state index is 12.5. The molecular formula is C19H23BrN4O3. The molecule has 0 aliphatic heterocycles. The lowest BCUT2D eigenvalue weighted by Crippen LogP contribution is -2.54. The van der Waals surface area contributed by atoms with Gasteiger partial charge in [0.25, 0.3) is 17.7 Å². The maximum absolute atomic E-state index is 12.5. The van der Waals surface area contributed by atoms with Crippen molar-refractivity contribution in [3.8, 4) is 0 Å². The molecule has 3 N–H and O–H groups in total. The standard InChI is InChI=1S/C19H23BrN4O3/c1-11(2)16(21-17(25)13-7-5-12(3)6-8-13)19(27)23-22-18(26)15-9-14(20)10-24(15)4/h5-11,16H,1-4H3,(H,21,25)(H,22,26)(H,23,27). The molecule has 3 amide bonds. The molecule has 8 heteroatoms. The lowest BCUT2D eigenvalue weighted by molar-refractivity contribution is -0.124. The molecule has 1 heterocycles. The van der Waals surface area contributed by atoms with Crippen molar-refractivity contribution in [1.82, 2.24) is 20.7 Å². The molecule has 1 atom stereocenters. The van der Waals surface area contributed by atoms with Gasteiger partial charge in [-0.25, -0.2) is 0 Å². The number of aryl methyl sites for hydroxylation is 2. The topological polar surface area (TPSA) is 92.2 Å². The second kappa shape index (κ2) is 8.85. The molecular weight excluding hydrogens is 412 g/mol. The fourth-order valence-electron chi connectivity index (χ4n) is 2.47. The van der Waals surface area contributed by atoms with Crippen molar-refractivity contribution in [3.63, 3.8) is 0 Å². The Balaban J connectivity index is 2.00. The Morgan fingerprint density at radius 1 is 1.04 bits per heavy atom. The molecule has 7 nitrogen and oxygen atoms in total. The van der Waals surface area contributed by atoms with E-state index >= 15 is 0 Å². The molecule has 0 radical (unpaired) electrons. The smallest absolute Gasteiger partial charge is 0.286 e. The third kappa shape index (κ3) is 5.43. The third-order valence-electron chi connectivity index (χ3n) is 4.05. The Bertz CT molecular complexity index is 843. The molecule has 27 heavy (non-hydrogen) atoms. The molecule has 0 aliphatic carbocycles. The van der Waals surface area contributed by atoms with Crippen molar-refractivity contribution in [2.45, 2.75) is 26.8 Å². The second-order valence-corrected chi connectivity index (χ2v) is 7.57. The van der Waals surface area contributed by atoms with E-state index in [9.17, 15) is 14.4 Å². The predicted molar refractivity (Wildman–Crippen MR) is 106 cm³/mol. The largest absolute Gasteiger partial charge is 0.345 e. The average molecular weight is 435 g/mol. The van der Waals surface area contributed by atoms with Gasteiger partial charge in [-0.05, 0) is 47.0 Å². The first-order chi connectivity index (χ1) is 12.7. The third-order valence-corrected chi connectivity index (χ3v) is 4.49. The molecule has 0 saturated carbocycles. The van der Waals surface area contributed by atoms with Gasteiger partial charge in [0.05, 0.1) is 0 Å². The number of nitrogens with zero attached hydrogens (tertiary/aromatic N) is 1. The van der Waals surface area contributed by atoms with Gasteiger partial charge in [-0.3, -0.25) is 25.2 Å². The highest BCUT2D eigenvalue weighted by molar-refractivity contribution is 9.10. The van der Waals surface area contributed by atoms with E-state index in [0.717, 1.165) is 10.0 Å². The fraction of sp³-hybridized carbons (Fsp3) is 0.316. The SMILES string of the molecule is Cc1ccc(C(=O)NC(C(=O)NNC(=O)c2cc(Br)cn2C)C(C)C)cc1. The summed E-state index contributed by atoms with van der Waals surface area (Å²) in [6, 6.07) is 7.92. The van der Waals surface area contributed by atoms with Crippen LogP contribution in [0.4, 0.5) is 0 Å². The second-order valence-electron chi connectivity index (χ2n) is 6.66. The molecule has 144 valence electrons. The number of carbonyl (C=O) groups is 3. The number of amides is 3. The number of hydrazine groups is 1. The minimum absolute atomic E-state index is 0.166. The number of rotatable bonds is 5. The minimum atomic E-state index is -0.792. The van der Waals surface area contributed by atoms with Gasteiger partial charge < -0.3 is 9.88 Å². The Morgan fingerprint density at radius 3 is 2.19 bits per heavy atom. The Hall–Kier alpha value is -2.61. The predicted octanol–water partition coefficient (Wildman–Crippen LogP) is 2.31. The van der Waals surface area contributed by atoms with Crippen LogP contribution in [0.15, 0.2) is 41.0 Å². The van der Waals surface area contributed by atoms with E-state index in [1.165, 1.54) is 0 Å². The monoisotopic (exact) mass is 434 g/mol. The van der Waals surface area contributed by atoms with Gasteiger partial charge in [-0.15, -0.1) is 0 Å². The zero-order chi connectivity index (χ0) is 20.1. The molecule has 1 aromatic carbocycles. The molecule has 0 bridgehead atoms. The molecule has 1 unspecified atom stereocenters. The molecule has 2 aromatic rings. The molecule has 0 spiro atoms. The fourth-order valence-corrected chi connectivity index (χ4v) is 3.00. The first-order valence-corrected chi connectivity index (χ1v) is 9.28. The van der Waals surface area contributed by atoms with E-state index < -0.39 is 17.9 Å². The molecule has 1 aromatic heterocycles. The van der Waals surface area contributed by atoms with Crippen molar-refractivity contribution in [1.29, 1.82) is 0 Å². The average Bonchev–Trinajstić information content (AvgIpc) is 2.95. The van der Waals surface area contributed by atoms with Gasteiger partial charge in [-0.2, -0.15) is 0 Å². The Kier molecular flexibility index (Phi) is 6.79. The molecule has 0 saturated heterocycles. The van der Waals surface area contributed by atoms with Crippen molar-refractivity contribution < 1.29 is 14.4 Å². The Labute approximate surface area is 166 Å². The maximum Gasteiger partial charge on any atom is 0.286 e. The normalized spacial score (nSPS) is 11.8. The van der Waals surface area contributed by atoms with Crippen LogP contribution in [0.3, 0.4) is 0 Å². The van der Waals surface area contributed by atoms with Crippen molar-refractivity contribution in [2.75, 3.05) is 0 Å². The lowest BCUT2D eigenvalue weighted by atomic mass is 10.0. The summed E-state index contributed by atoms with van der Waals surface area (Å²) in [4.78, 5) is 37.1. The van der Waals surface area contributed by atoms with E-state index in [2.05, 4.69) is 32.1 Å². The van der Waals surface area contributed by atoms with Gasteiger partial charge in [0.1, 0.15) is 11.7 Å². The number of carbonyl (C=O) groups excluding carboxylic acids is 3. The highest BCUT2D eigenvalue weighted by Crippen LogP contribution is 2.13. The van der Waals surface area contributed by atoms with Gasteiger partial charge in [0.2, 0.25) is 0 Å². The van der Waals surface area contributed by atoms with Gasteiger partial charge in [0.15, 0.2) is 0 Å². The van der Waals surface area contributed by atoms with Crippen LogP contribution in [-0.2, 0) is 11.8 Å². The summed E-state index contributed by atoms with van der Waals surface area (Å²) in [6.07, 6.45) is 1.73. The van der Waals surface area contributed by atoms with E-state index in [1.54, 1.807) is 36.0 Å². The van der Waals surface area contributed by atoms with Crippen LogP contribution in [0, 0.1) is 12.8 Å². The van der Waals surface area contributed by atoms with Crippen LogP contribution >= 0.6 is 15.9 Å². The highest BCUT2D eigenvalue weighted by atomic mass is 79.9. The van der Waals surface area contributed by atoms with Crippen molar-refractivity contribution in [3.05, 3.63) is 57.8 Å². The molecule has 0 fully saturated rings. The number of benzene rings is 1. The summed E-state index contributed by atoms with van der Waals surface area (Å²) >= 11 is 3.29. The van der Waals surface area contributed by atoms with Gasteiger partial charge >= 0.3 is 0 Å². The number of hydrogen-bond acceptors (Lipinski definition) is 3. The molecule has 0 aliphatic rings. The van der Waals surface area contributed by atoms with Crippen molar-refractivity contribution >= 4 is 33.7 Å². The van der Waals surface area contributed by atoms with Crippen LogP contribution in [0.2, 0.25) is 0 Å². The summed E-state index contributed by atoms with van der Waals surface area (Å²) in [7, 11) is 1.72. The lowest BCUT2D eigenvalue weighted by Gasteiger charge is -2.22. The summed E-state index contributed by atoms with van der Waals surface area (Å²) in [5.41, 5.74) is 6.65. The minimum Gasteiger partial charge on any atom is -0.345 e. The van der Waals surface area contributed by atoms with E-state index in [4.69, 9.17) is 0 Å². The summed E-state index contributed by atoms with van der Waals surface area (Å²) in [6.45, 7) is 5.56. The first-order valence-electron chi connectivity index (χ1n) is 8.48.